The van der Waals surface area contributed by atoms with Gasteiger partial charge < -0.3 is 15.5 Å². The van der Waals surface area contributed by atoms with Crippen LogP contribution in [0.2, 0.25) is 0 Å². The summed E-state index contributed by atoms with van der Waals surface area (Å²) in [6.07, 6.45) is 6.44. The number of fused-ring (bicyclic) bond motifs is 2. The Bertz CT molecular complexity index is 708. The molecule has 2 fully saturated rings. The summed E-state index contributed by atoms with van der Waals surface area (Å²) < 4.78 is 0. The predicted octanol–water partition coefficient (Wildman–Crippen LogP) is 3.13. The first-order valence-corrected chi connectivity index (χ1v) is 9.53. The molecule has 0 spiro atoms. The van der Waals surface area contributed by atoms with Crippen LogP contribution in [0.1, 0.15) is 44.6 Å². The number of hydrogen-bond acceptors (Lipinski definition) is 3. The van der Waals surface area contributed by atoms with Gasteiger partial charge in [-0.15, -0.1) is 12.4 Å². The van der Waals surface area contributed by atoms with E-state index < -0.39 is 0 Å². The van der Waals surface area contributed by atoms with Crippen LogP contribution in [0.3, 0.4) is 0 Å². The maximum atomic E-state index is 13.1. The van der Waals surface area contributed by atoms with Gasteiger partial charge in [0.2, 0.25) is 11.8 Å². The molecule has 1 aromatic rings. The molecule has 2 atom stereocenters. The second kappa shape index (κ2) is 7.57. The lowest BCUT2D eigenvalue weighted by molar-refractivity contribution is -0.128. The Morgan fingerprint density at radius 3 is 2.92 bits per heavy atom. The summed E-state index contributed by atoms with van der Waals surface area (Å²) >= 11 is 0. The molecule has 2 N–H and O–H groups in total. The van der Waals surface area contributed by atoms with Crippen molar-refractivity contribution in [3.8, 4) is 0 Å². The highest BCUT2D eigenvalue weighted by Gasteiger charge is 2.49. The monoisotopic (exact) mass is 377 g/mol. The number of aryl methyl sites for hydroxylation is 1. The number of hydrogen-bond donors (Lipinski definition) is 2. The smallest absolute Gasteiger partial charge is 0.232 e. The molecule has 4 rings (SSSR count). The predicted molar refractivity (Wildman–Crippen MR) is 106 cm³/mol. The van der Waals surface area contributed by atoms with Gasteiger partial charge in [-0.3, -0.25) is 9.59 Å². The van der Waals surface area contributed by atoms with Crippen molar-refractivity contribution in [3.05, 3.63) is 23.8 Å². The van der Waals surface area contributed by atoms with E-state index in [4.69, 9.17) is 0 Å². The van der Waals surface area contributed by atoms with Crippen LogP contribution in [0.4, 0.5) is 11.4 Å². The molecule has 3 aliphatic rings. The number of carbonyl (C=O) groups is 2. The maximum Gasteiger partial charge on any atom is 0.232 e. The van der Waals surface area contributed by atoms with Crippen molar-refractivity contribution in [2.45, 2.75) is 45.4 Å². The van der Waals surface area contributed by atoms with Gasteiger partial charge in [-0.1, -0.05) is 12.8 Å². The Kier molecular flexibility index (Phi) is 5.58. The van der Waals surface area contributed by atoms with Crippen LogP contribution in [0, 0.1) is 11.3 Å². The molecule has 0 radical (unpaired) electrons. The highest BCUT2D eigenvalue weighted by Crippen LogP contribution is 2.44. The molecular formula is C20H28ClN3O2. The van der Waals surface area contributed by atoms with Crippen molar-refractivity contribution >= 4 is 35.6 Å². The van der Waals surface area contributed by atoms with Gasteiger partial charge in [0.25, 0.3) is 0 Å². The van der Waals surface area contributed by atoms with E-state index in [1.54, 1.807) is 6.92 Å². The molecule has 26 heavy (non-hydrogen) atoms. The SMILES string of the molecule is CC(=O)N1CCCc2cc(NC(=O)[C@@]34CCCC[C@H]3CNC4)ccc21.Cl. The van der Waals surface area contributed by atoms with Crippen molar-refractivity contribution in [3.63, 3.8) is 0 Å². The Hall–Kier alpha value is -1.59. The fourth-order valence-electron chi connectivity index (χ4n) is 4.95. The molecule has 0 unspecified atom stereocenters. The minimum Gasteiger partial charge on any atom is -0.326 e. The number of anilines is 2. The van der Waals surface area contributed by atoms with E-state index in [9.17, 15) is 9.59 Å². The third kappa shape index (κ3) is 3.23. The summed E-state index contributed by atoms with van der Waals surface area (Å²) in [7, 11) is 0. The number of carbonyl (C=O) groups excluding carboxylic acids is 2. The number of nitrogens with one attached hydrogen (secondary N) is 2. The van der Waals surface area contributed by atoms with Crippen molar-refractivity contribution in [2.24, 2.45) is 11.3 Å². The summed E-state index contributed by atoms with van der Waals surface area (Å²) in [4.78, 5) is 26.7. The van der Waals surface area contributed by atoms with Crippen LogP contribution in [0.25, 0.3) is 0 Å². The number of rotatable bonds is 2. The van der Waals surface area contributed by atoms with E-state index >= 15 is 0 Å². The average molecular weight is 378 g/mol. The summed E-state index contributed by atoms with van der Waals surface area (Å²) in [5, 5.41) is 6.62. The van der Waals surface area contributed by atoms with Crippen molar-refractivity contribution in [1.82, 2.24) is 5.32 Å². The van der Waals surface area contributed by atoms with Gasteiger partial charge in [0.1, 0.15) is 0 Å². The zero-order valence-corrected chi connectivity index (χ0v) is 16.2. The molecule has 1 saturated carbocycles. The molecular weight excluding hydrogens is 350 g/mol. The van der Waals surface area contributed by atoms with Crippen LogP contribution < -0.4 is 15.5 Å². The Morgan fingerprint density at radius 2 is 2.12 bits per heavy atom. The first kappa shape index (κ1) is 19.2. The summed E-state index contributed by atoms with van der Waals surface area (Å²) in [6.45, 7) is 4.16. The molecule has 0 bridgehead atoms. The van der Waals surface area contributed by atoms with Gasteiger partial charge in [0, 0.05) is 31.4 Å². The van der Waals surface area contributed by atoms with Crippen LogP contribution >= 0.6 is 12.4 Å². The van der Waals surface area contributed by atoms with Crippen LogP contribution in [-0.4, -0.2) is 31.4 Å². The lowest BCUT2D eigenvalue weighted by Gasteiger charge is -2.37. The number of benzene rings is 1. The second-order valence-corrected chi connectivity index (χ2v) is 7.80. The maximum absolute atomic E-state index is 13.1. The quantitative estimate of drug-likeness (QED) is 0.832. The van der Waals surface area contributed by atoms with E-state index in [0.717, 1.165) is 68.7 Å². The summed E-state index contributed by atoms with van der Waals surface area (Å²) in [5.41, 5.74) is 2.77. The molecule has 1 aromatic carbocycles. The van der Waals surface area contributed by atoms with Gasteiger partial charge in [-0.25, -0.2) is 0 Å². The van der Waals surface area contributed by atoms with Crippen LogP contribution in [-0.2, 0) is 16.0 Å². The van der Waals surface area contributed by atoms with Gasteiger partial charge in [-0.2, -0.15) is 0 Å². The highest BCUT2D eigenvalue weighted by atomic mass is 35.5. The zero-order chi connectivity index (χ0) is 17.4. The molecule has 0 aromatic heterocycles. The molecule has 2 amide bonds. The average Bonchev–Trinajstić information content (AvgIpc) is 3.06. The fourth-order valence-corrected chi connectivity index (χ4v) is 4.95. The van der Waals surface area contributed by atoms with Gasteiger partial charge >= 0.3 is 0 Å². The lowest BCUT2D eigenvalue weighted by atomic mass is 9.67. The summed E-state index contributed by atoms with van der Waals surface area (Å²) in [6, 6.07) is 5.97. The first-order valence-electron chi connectivity index (χ1n) is 9.53. The Morgan fingerprint density at radius 1 is 1.27 bits per heavy atom. The zero-order valence-electron chi connectivity index (χ0n) is 15.3. The van der Waals surface area contributed by atoms with Gasteiger partial charge in [0.15, 0.2) is 0 Å². The molecule has 1 saturated heterocycles. The molecule has 5 nitrogen and oxygen atoms in total. The van der Waals surface area contributed by atoms with E-state index in [-0.39, 0.29) is 29.6 Å². The van der Waals surface area contributed by atoms with E-state index in [2.05, 4.69) is 16.7 Å². The number of nitrogens with zero attached hydrogens (tertiary/aromatic N) is 1. The first-order chi connectivity index (χ1) is 12.1. The second-order valence-electron chi connectivity index (χ2n) is 7.80. The van der Waals surface area contributed by atoms with E-state index in [0.29, 0.717) is 5.92 Å². The normalized spacial score (nSPS) is 27.1. The minimum atomic E-state index is -0.237. The van der Waals surface area contributed by atoms with Crippen molar-refractivity contribution < 1.29 is 9.59 Å². The Labute approximate surface area is 161 Å². The summed E-state index contributed by atoms with van der Waals surface area (Å²) in [5.74, 6) is 0.715. The molecule has 2 aliphatic heterocycles. The molecule has 2 heterocycles. The van der Waals surface area contributed by atoms with Gasteiger partial charge in [-0.05, 0) is 61.9 Å². The third-order valence-electron chi connectivity index (χ3n) is 6.33. The minimum absolute atomic E-state index is 0. The molecule has 1 aliphatic carbocycles. The Balaban J connectivity index is 0.00000196. The largest absolute Gasteiger partial charge is 0.326 e. The molecule has 142 valence electrons. The van der Waals surface area contributed by atoms with E-state index in [1.165, 1.54) is 6.42 Å². The highest BCUT2D eigenvalue weighted by molar-refractivity contribution is 5.97. The van der Waals surface area contributed by atoms with Crippen molar-refractivity contribution in [2.75, 3.05) is 29.9 Å². The number of amides is 2. The van der Waals surface area contributed by atoms with Gasteiger partial charge in [0.05, 0.1) is 5.41 Å². The van der Waals surface area contributed by atoms with Crippen molar-refractivity contribution in [1.29, 1.82) is 0 Å². The van der Waals surface area contributed by atoms with Crippen LogP contribution in [0.15, 0.2) is 18.2 Å². The fraction of sp³-hybridized carbons (Fsp3) is 0.600. The molecule has 6 heteroatoms. The number of halogens is 1. The standard InChI is InChI=1S/C20H27N3O2.ClH/c1-14(24)23-10-4-5-15-11-17(7-8-18(15)23)22-19(25)20-9-3-2-6-16(20)12-21-13-20;/h7-8,11,16,21H,2-6,9-10,12-13H2,1H3,(H,22,25);1H/t16-,20+;/m0./s1. The van der Waals surface area contributed by atoms with E-state index in [1.807, 2.05) is 17.0 Å². The third-order valence-corrected chi connectivity index (χ3v) is 6.33. The lowest BCUT2D eigenvalue weighted by Crippen LogP contribution is -2.44. The van der Waals surface area contributed by atoms with Crippen LogP contribution in [0.5, 0.6) is 0 Å². The topological polar surface area (TPSA) is 61.4 Å².